The SMILES string of the molecule is COCCNCCCCn1ccc2ccccc2c1=O. The molecule has 0 saturated heterocycles. The van der Waals surface area contributed by atoms with Gasteiger partial charge in [0.1, 0.15) is 0 Å². The van der Waals surface area contributed by atoms with E-state index in [1.165, 1.54) is 0 Å². The van der Waals surface area contributed by atoms with E-state index in [0.29, 0.717) is 0 Å². The zero-order chi connectivity index (χ0) is 14.2. The molecule has 4 heteroatoms. The van der Waals surface area contributed by atoms with E-state index in [0.717, 1.165) is 49.9 Å². The molecule has 0 bridgehead atoms. The summed E-state index contributed by atoms with van der Waals surface area (Å²) in [5, 5.41) is 5.11. The molecule has 1 aromatic carbocycles. The third kappa shape index (κ3) is 3.92. The largest absolute Gasteiger partial charge is 0.383 e. The van der Waals surface area contributed by atoms with Gasteiger partial charge in [-0.1, -0.05) is 18.2 Å². The summed E-state index contributed by atoms with van der Waals surface area (Å²) in [5.41, 5.74) is 0.107. The zero-order valence-electron chi connectivity index (χ0n) is 12.0. The predicted molar refractivity (Wildman–Crippen MR) is 82.2 cm³/mol. The van der Waals surface area contributed by atoms with Gasteiger partial charge in [-0.2, -0.15) is 0 Å². The van der Waals surface area contributed by atoms with Crippen LogP contribution in [0.5, 0.6) is 0 Å². The average molecular weight is 274 g/mol. The number of aromatic nitrogens is 1. The van der Waals surface area contributed by atoms with Gasteiger partial charge in [-0.15, -0.1) is 0 Å². The van der Waals surface area contributed by atoms with E-state index in [2.05, 4.69) is 5.32 Å². The summed E-state index contributed by atoms with van der Waals surface area (Å²) in [6.07, 6.45) is 3.95. The molecule has 0 radical (unpaired) electrons. The maximum absolute atomic E-state index is 12.3. The number of hydrogen-bond donors (Lipinski definition) is 1. The third-order valence-electron chi connectivity index (χ3n) is 3.37. The molecule has 0 saturated carbocycles. The van der Waals surface area contributed by atoms with Crippen molar-refractivity contribution >= 4 is 10.8 Å². The highest BCUT2D eigenvalue weighted by Gasteiger charge is 2.01. The summed E-state index contributed by atoms with van der Waals surface area (Å²) in [5.74, 6) is 0. The van der Waals surface area contributed by atoms with Gasteiger partial charge in [0.2, 0.25) is 0 Å². The van der Waals surface area contributed by atoms with Crippen LogP contribution in [0.25, 0.3) is 10.8 Å². The molecule has 20 heavy (non-hydrogen) atoms. The topological polar surface area (TPSA) is 43.3 Å². The Morgan fingerprint density at radius 3 is 2.85 bits per heavy atom. The van der Waals surface area contributed by atoms with Gasteiger partial charge in [0.25, 0.3) is 5.56 Å². The number of nitrogens with zero attached hydrogens (tertiary/aromatic N) is 1. The minimum Gasteiger partial charge on any atom is -0.383 e. The molecule has 0 spiro atoms. The number of nitrogens with one attached hydrogen (secondary N) is 1. The molecule has 4 nitrogen and oxygen atoms in total. The summed E-state index contributed by atoms with van der Waals surface area (Å²) in [7, 11) is 1.70. The predicted octanol–water partition coefficient (Wildman–Crippen LogP) is 2.02. The molecule has 0 unspecified atom stereocenters. The summed E-state index contributed by atoms with van der Waals surface area (Å²) in [6.45, 7) is 3.36. The summed E-state index contributed by atoms with van der Waals surface area (Å²) in [4.78, 5) is 12.3. The second kappa shape index (κ2) is 7.82. The lowest BCUT2D eigenvalue weighted by Gasteiger charge is -2.08. The Morgan fingerprint density at radius 2 is 2.00 bits per heavy atom. The van der Waals surface area contributed by atoms with E-state index in [1.54, 1.807) is 11.7 Å². The van der Waals surface area contributed by atoms with Crippen molar-refractivity contribution in [3.05, 3.63) is 46.9 Å². The fourth-order valence-corrected chi connectivity index (χ4v) is 2.24. The van der Waals surface area contributed by atoms with Crippen LogP contribution in [0.3, 0.4) is 0 Å². The Labute approximate surface area is 119 Å². The van der Waals surface area contributed by atoms with Gasteiger partial charge in [0.15, 0.2) is 0 Å². The lowest BCUT2D eigenvalue weighted by Crippen LogP contribution is -2.22. The molecule has 0 atom stereocenters. The van der Waals surface area contributed by atoms with Crippen molar-refractivity contribution in [2.75, 3.05) is 26.8 Å². The van der Waals surface area contributed by atoms with Crippen LogP contribution in [0.1, 0.15) is 12.8 Å². The van der Waals surface area contributed by atoms with Gasteiger partial charge in [-0.25, -0.2) is 0 Å². The number of rotatable bonds is 8. The highest BCUT2D eigenvalue weighted by atomic mass is 16.5. The van der Waals surface area contributed by atoms with Crippen molar-refractivity contribution in [1.82, 2.24) is 9.88 Å². The fourth-order valence-electron chi connectivity index (χ4n) is 2.24. The molecule has 0 aliphatic heterocycles. The number of fused-ring (bicyclic) bond motifs is 1. The first-order chi connectivity index (χ1) is 9.83. The number of aryl methyl sites for hydroxylation is 1. The van der Waals surface area contributed by atoms with Crippen molar-refractivity contribution < 1.29 is 4.74 Å². The molecule has 2 aromatic rings. The van der Waals surface area contributed by atoms with E-state index >= 15 is 0 Å². The van der Waals surface area contributed by atoms with Crippen molar-refractivity contribution in [3.63, 3.8) is 0 Å². The molecule has 108 valence electrons. The number of methoxy groups -OCH3 is 1. The second-order valence-corrected chi connectivity index (χ2v) is 4.85. The van der Waals surface area contributed by atoms with Crippen LogP contribution in [0, 0.1) is 0 Å². The lowest BCUT2D eigenvalue weighted by molar-refractivity contribution is 0.199. The van der Waals surface area contributed by atoms with Crippen LogP contribution in [0.2, 0.25) is 0 Å². The van der Waals surface area contributed by atoms with Gasteiger partial charge < -0.3 is 14.6 Å². The van der Waals surface area contributed by atoms with Crippen molar-refractivity contribution in [3.8, 4) is 0 Å². The third-order valence-corrected chi connectivity index (χ3v) is 3.37. The number of ether oxygens (including phenoxy) is 1. The minimum atomic E-state index is 0.107. The van der Waals surface area contributed by atoms with E-state index in [9.17, 15) is 4.79 Å². The average Bonchev–Trinajstić information content (AvgIpc) is 2.49. The highest BCUT2D eigenvalue weighted by molar-refractivity contribution is 5.81. The van der Waals surface area contributed by atoms with Crippen molar-refractivity contribution in [2.24, 2.45) is 0 Å². The smallest absolute Gasteiger partial charge is 0.258 e. The van der Waals surface area contributed by atoms with Crippen LogP contribution >= 0.6 is 0 Å². The quantitative estimate of drug-likeness (QED) is 0.749. The molecule has 1 N–H and O–H groups in total. The van der Waals surface area contributed by atoms with Gasteiger partial charge in [0, 0.05) is 31.8 Å². The molecule has 1 aromatic heterocycles. The van der Waals surface area contributed by atoms with Gasteiger partial charge in [-0.05, 0) is 36.9 Å². The van der Waals surface area contributed by atoms with Crippen LogP contribution in [-0.2, 0) is 11.3 Å². The van der Waals surface area contributed by atoms with Gasteiger partial charge in [0.05, 0.1) is 6.61 Å². The number of hydrogen-bond acceptors (Lipinski definition) is 3. The first kappa shape index (κ1) is 14.8. The lowest BCUT2D eigenvalue weighted by atomic mass is 10.2. The van der Waals surface area contributed by atoms with Crippen molar-refractivity contribution in [1.29, 1.82) is 0 Å². The molecule has 0 aliphatic carbocycles. The van der Waals surface area contributed by atoms with E-state index in [1.807, 2.05) is 36.5 Å². The number of benzene rings is 1. The minimum absolute atomic E-state index is 0.107. The summed E-state index contributed by atoms with van der Waals surface area (Å²) >= 11 is 0. The van der Waals surface area contributed by atoms with E-state index < -0.39 is 0 Å². The van der Waals surface area contributed by atoms with Crippen LogP contribution in [0.15, 0.2) is 41.3 Å². The first-order valence-electron chi connectivity index (χ1n) is 7.11. The standard InChI is InChI=1S/C16H22N2O2/c1-20-13-10-17-9-4-5-11-18-12-8-14-6-2-3-7-15(14)16(18)19/h2-3,6-8,12,17H,4-5,9-11,13H2,1H3. The molecule has 0 amide bonds. The molecule has 0 aliphatic rings. The Balaban J connectivity index is 1.84. The van der Waals surface area contributed by atoms with Crippen LogP contribution in [0.4, 0.5) is 0 Å². The first-order valence-corrected chi connectivity index (χ1v) is 7.11. The molecule has 0 fully saturated rings. The fraction of sp³-hybridized carbons (Fsp3) is 0.438. The molecule has 1 heterocycles. The Bertz CT molecular complexity index is 592. The van der Waals surface area contributed by atoms with E-state index in [4.69, 9.17) is 4.74 Å². The molecule has 2 rings (SSSR count). The normalized spacial score (nSPS) is 11.1. The molecular formula is C16H22N2O2. The second-order valence-electron chi connectivity index (χ2n) is 4.85. The van der Waals surface area contributed by atoms with Crippen LogP contribution < -0.4 is 10.9 Å². The van der Waals surface area contributed by atoms with E-state index in [-0.39, 0.29) is 5.56 Å². The number of unbranched alkanes of at least 4 members (excludes halogenated alkanes) is 1. The highest BCUT2D eigenvalue weighted by Crippen LogP contribution is 2.08. The number of pyridine rings is 1. The summed E-state index contributed by atoms with van der Waals surface area (Å²) < 4.78 is 6.77. The Morgan fingerprint density at radius 1 is 1.15 bits per heavy atom. The van der Waals surface area contributed by atoms with Crippen LogP contribution in [-0.4, -0.2) is 31.4 Å². The maximum Gasteiger partial charge on any atom is 0.258 e. The Hall–Kier alpha value is -1.65. The monoisotopic (exact) mass is 274 g/mol. The zero-order valence-corrected chi connectivity index (χ0v) is 12.0. The Kier molecular flexibility index (Phi) is 5.77. The van der Waals surface area contributed by atoms with Crippen molar-refractivity contribution in [2.45, 2.75) is 19.4 Å². The maximum atomic E-state index is 12.3. The van der Waals surface area contributed by atoms with Gasteiger partial charge >= 0.3 is 0 Å². The summed E-state index contributed by atoms with van der Waals surface area (Å²) in [6, 6.07) is 9.74. The van der Waals surface area contributed by atoms with Gasteiger partial charge in [-0.3, -0.25) is 4.79 Å². The molecular weight excluding hydrogens is 252 g/mol.